The summed E-state index contributed by atoms with van der Waals surface area (Å²) < 4.78 is 5.47. The Labute approximate surface area is 105 Å². The summed E-state index contributed by atoms with van der Waals surface area (Å²) in [5, 5.41) is 0. The number of ether oxygens (including phenoxy) is 1. The van der Waals surface area contributed by atoms with Crippen LogP contribution >= 0.6 is 0 Å². The molecule has 17 heavy (non-hydrogen) atoms. The van der Waals surface area contributed by atoms with Gasteiger partial charge in [-0.25, -0.2) is 0 Å². The van der Waals surface area contributed by atoms with Crippen molar-refractivity contribution in [2.75, 3.05) is 7.11 Å². The Morgan fingerprint density at radius 2 is 1.88 bits per heavy atom. The SMILES string of the molecule is COc1cc2c(cc1C)C(C)CCC2C(C)C. The van der Waals surface area contributed by atoms with Crippen LogP contribution in [0.1, 0.15) is 62.1 Å². The van der Waals surface area contributed by atoms with Crippen LogP contribution in [0.2, 0.25) is 0 Å². The number of fused-ring (bicyclic) bond motifs is 1. The van der Waals surface area contributed by atoms with Gasteiger partial charge in [-0.2, -0.15) is 0 Å². The third-order valence-corrected chi connectivity index (χ3v) is 4.25. The van der Waals surface area contributed by atoms with E-state index >= 15 is 0 Å². The van der Waals surface area contributed by atoms with Gasteiger partial charge in [-0.05, 0) is 60.3 Å². The van der Waals surface area contributed by atoms with Crippen molar-refractivity contribution in [2.24, 2.45) is 5.92 Å². The van der Waals surface area contributed by atoms with Gasteiger partial charge in [-0.3, -0.25) is 0 Å². The zero-order chi connectivity index (χ0) is 12.6. The third kappa shape index (κ3) is 2.20. The van der Waals surface area contributed by atoms with Gasteiger partial charge in [0.25, 0.3) is 0 Å². The Kier molecular flexibility index (Phi) is 3.46. The first-order chi connectivity index (χ1) is 8.04. The van der Waals surface area contributed by atoms with Crippen LogP contribution in [-0.4, -0.2) is 7.11 Å². The highest BCUT2D eigenvalue weighted by atomic mass is 16.5. The van der Waals surface area contributed by atoms with Gasteiger partial charge >= 0.3 is 0 Å². The fourth-order valence-electron chi connectivity index (χ4n) is 3.13. The topological polar surface area (TPSA) is 9.23 Å². The summed E-state index contributed by atoms with van der Waals surface area (Å²) in [5.41, 5.74) is 4.34. The van der Waals surface area contributed by atoms with E-state index in [1.54, 1.807) is 12.7 Å². The molecule has 0 saturated carbocycles. The molecule has 2 rings (SSSR count). The van der Waals surface area contributed by atoms with E-state index in [0.717, 1.165) is 5.75 Å². The van der Waals surface area contributed by atoms with Gasteiger partial charge in [0.2, 0.25) is 0 Å². The van der Waals surface area contributed by atoms with Crippen LogP contribution in [-0.2, 0) is 0 Å². The number of hydrogen-bond donors (Lipinski definition) is 0. The number of rotatable bonds is 2. The molecule has 0 aromatic heterocycles. The molecule has 1 aromatic rings. The number of hydrogen-bond acceptors (Lipinski definition) is 1. The van der Waals surface area contributed by atoms with E-state index in [0.29, 0.717) is 17.8 Å². The van der Waals surface area contributed by atoms with Crippen molar-refractivity contribution in [1.82, 2.24) is 0 Å². The lowest BCUT2D eigenvalue weighted by Gasteiger charge is -2.33. The van der Waals surface area contributed by atoms with Gasteiger partial charge in [0.1, 0.15) is 5.75 Å². The Morgan fingerprint density at radius 3 is 2.47 bits per heavy atom. The van der Waals surface area contributed by atoms with Crippen molar-refractivity contribution in [3.05, 3.63) is 28.8 Å². The van der Waals surface area contributed by atoms with Crippen molar-refractivity contribution in [3.8, 4) is 5.75 Å². The fraction of sp³-hybridized carbons (Fsp3) is 0.625. The van der Waals surface area contributed by atoms with Crippen LogP contribution in [0.4, 0.5) is 0 Å². The summed E-state index contributed by atoms with van der Waals surface area (Å²) in [6, 6.07) is 4.62. The van der Waals surface area contributed by atoms with E-state index in [1.165, 1.54) is 24.0 Å². The minimum atomic E-state index is 0.699. The van der Waals surface area contributed by atoms with Crippen molar-refractivity contribution in [3.63, 3.8) is 0 Å². The van der Waals surface area contributed by atoms with E-state index in [9.17, 15) is 0 Å². The van der Waals surface area contributed by atoms with Crippen LogP contribution in [0.5, 0.6) is 5.75 Å². The van der Waals surface area contributed by atoms with Crippen molar-refractivity contribution < 1.29 is 4.74 Å². The Morgan fingerprint density at radius 1 is 1.18 bits per heavy atom. The summed E-state index contributed by atoms with van der Waals surface area (Å²) in [6.07, 6.45) is 2.64. The molecular formula is C16H24O. The standard InChI is InChI=1S/C16H24O/c1-10(2)13-7-6-11(3)14-8-12(4)16(17-5)9-15(13)14/h8-11,13H,6-7H2,1-5H3. The number of methoxy groups -OCH3 is 1. The molecule has 0 heterocycles. The summed E-state index contributed by atoms with van der Waals surface area (Å²) in [4.78, 5) is 0. The lowest BCUT2D eigenvalue weighted by atomic mass is 9.72. The predicted molar refractivity (Wildman–Crippen MR) is 73.0 cm³/mol. The second kappa shape index (κ2) is 4.72. The highest BCUT2D eigenvalue weighted by molar-refractivity contribution is 5.46. The molecule has 0 amide bonds. The average Bonchev–Trinajstić information content (AvgIpc) is 2.29. The molecule has 0 aliphatic heterocycles. The Bertz CT molecular complexity index is 406. The molecular weight excluding hydrogens is 208 g/mol. The van der Waals surface area contributed by atoms with Crippen LogP contribution in [0.3, 0.4) is 0 Å². The number of benzene rings is 1. The molecule has 2 unspecified atom stereocenters. The predicted octanol–water partition coefficient (Wildman–Crippen LogP) is 4.64. The molecule has 0 spiro atoms. The summed E-state index contributed by atoms with van der Waals surface area (Å²) >= 11 is 0. The van der Waals surface area contributed by atoms with Gasteiger partial charge in [0, 0.05) is 0 Å². The van der Waals surface area contributed by atoms with E-state index in [-0.39, 0.29) is 0 Å². The van der Waals surface area contributed by atoms with Crippen LogP contribution in [0, 0.1) is 12.8 Å². The van der Waals surface area contributed by atoms with Gasteiger partial charge in [0.15, 0.2) is 0 Å². The van der Waals surface area contributed by atoms with Crippen LogP contribution in [0.25, 0.3) is 0 Å². The molecule has 1 nitrogen and oxygen atoms in total. The molecule has 0 bridgehead atoms. The van der Waals surface area contributed by atoms with Crippen LogP contribution in [0.15, 0.2) is 12.1 Å². The van der Waals surface area contributed by atoms with E-state index in [2.05, 4.69) is 39.8 Å². The third-order valence-electron chi connectivity index (χ3n) is 4.25. The first kappa shape index (κ1) is 12.5. The summed E-state index contributed by atoms with van der Waals surface area (Å²) in [7, 11) is 1.77. The Hall–Kier alpha value is -0.980. The first-order valence-electron chi connectivity index (χ1n) is 6.73. The quantitative estimate of drug-likeness (QED) is 0.721. The average molecular weight is 232 g/mol. The molecule has 94 valence electrons. The molecule has 0 radical (unpaired) electrons. The minimum Gasteiger partial charge on any atom is -0.496 e. The lowest BCUT2D eigenvalue weighted by molar-refractivity contribution is 0.393. The molecule has 1 aliphatic carbocycles. The molecule has 0 N–H and O–H groups in total. The van der Waals surface area contributed by atoms with E-state index in [4.69, 9.17) is 4.74 Å². The molecule has 0 saturated heterocycles. The lowest BCUT2D eigenvalue weighted by Crippen LogP contribution is -2.17. The summed E-state index contributed by atoms with van der Waals surface area (Å²) in [5.74, 6) is 3.16. The maximum Gasteiger partial charge on any atom is 0.122 e. The highest BCUT2D eigenvalue weighted by Gasteiger charge is 2.27. The summed E-state index contributed by atoms with van der Waals surface area (Å²) in [6.45, 7) is 9.15. The smallest absolute Gasteiger partial charge is 0.122 e. The zero-order valence-electron chi connectivity index (χ0n) is 11.7. The molecule has 1 aromatic carbocycles. The fourth-order valence-corrected chi connectivity index (χ4v) is 3.13. The maximum atomic E-state index is 5.47. The molecule has 0 fully saturated rings. The highest BCUT2D eigenvalue weighted by Crippen LogP contribution is 2.44. The largest absolute Gasteiger partial charge is 0.496 e. The van der Waals surface area contributed by atoms with Gasteiger partial charge in [-0.15, -0.1) is 0 Å². The molecule has 1 aliphatic rings. The van der Waals surface area contributed by atoms with E-state index < -0.39 is 0 Å². The van der Waals surface area contributed by atoms with Gasteiger partial charge in [-0.1, -0.05) is 26.8 Å². The Balaban J connectivity index is 2.52. The zero-order valence-corrected chi connectivity index (χ0v) is 11.7. The second-order valence-corrected chi connectivity index (χ2v) is 5.78. The minimum absolute atomic E-state index is 0.699. The van der Waals surface area contributed by atoms with Gasteiger partial charge < -0.3 is 4.74 Å². The first-order valence-corrected chi connectivity index (χ1v) is 6.73. The van der Waals surface area contributed by atoms with Gasteiger partial charge in [0.05, 0.1) is 7.11 Å². The monoisotopic (exact) mass is 232 g/mol. The van der Waals surface area contributed by atoms with Crippen molar-refractivity contribution in [1.29, 1.82) is 0 Å². The molecule has 1 heteroatoms. The second-order valence-electron chi connectivity index (χ2n) is 5.78. The van der Waals surface area contributed by atoms with Crippen molar-refractivity contribution >= 4 is 0 Å². The molecule has 2 atom stereocenters. The van der Waals surface area contributed by atoms with Crippen molar-refractivity contribution in [2.45, 2.75) is 52.4 Å². The van der Waals surface area contributed by atoms with E-state index in [1.807, 2.05) is 0 Å². The normalized spacial score (nSPS) is 23.6. The van der Waals surface area contributed by atoms with Crippen LogP contribution < -0.4 is 4.74 Å². The number of aryl methyl sites for hydroxylation is 1. The maximum absolute atomic E-state index is 5.47.